The molecule has 2 N–H and O–H groups in total. The predicted molar refractivity (Wildman–Crippen MR) is 74.8 cm³/mol. The normalized spacial score (nSPS) is 25.9. The molecule has 0 saturated heterocycles. The van der Waals surface area contributed by atoms with E-state index in [0.717, 1.165) is 18.0 Å². The highest BCUT2D eigenvalue weighted by atomic mass is 32.1. The molecule has 2 rings (SSSR count). The highest BCUT2D eigenvalue weighted by molar-refractivity contribution is 7.08. The zero-order valence-electron chi connectivity index (χ0n) is 11.8. The Morgan fingerprint density at radius 2 is 2.20 bits per heavy atom. The lowest BCUT2D eigenvalue weighted by Crippen LogP contribution is -2.47. The lowest BCUT2D eigenvalue weighted by Gasteiger charge is -2.27. The van der Waals surface area contributed by atoms with Crippen LogP contribution in [0.5, 0.6) is 0 Å². The number of carbonyl (C=O) groups is 2. The van der Waals surface area contributed by atoms with Gasteiger partial charge in [-0.3, -0.25) is 9.59 Å². The predicted octanol–water partition coefficient (Wildman–Crippen LogP) is 2.03. The van der Waals surface area contributed by atoms with Crippen LogP contribution >= 0.6 is 11.5 Å². The third-order valence-electron chi connectivity index (χ3n) is 4.02. The Balaban J connectivity index is 2.16. The molecule has 1 aliphatic rings. The van der Waals surface area contributed by atoms with Crippen LogP contribution in [0.3, 0.4) is 0 Å². The van der Waals surface area contributed by atoms with Gasteiger partial charge in [-0.05, 0) is 37.2 Å². The molecule has 1 aromatic heterocycles. The average Bonchev–Trinajstić information content (AvgIpc) is 2.97. The molecule has 0 radical (unpaired) electrons. The molecular weight excluding hydrogens is 278 g/mol. The van der Waals surface area contributed by atoms with Crippen LogP contribution in [0.2, 0.25) is 0 Å². The number of rotatable bonds is 4. The molecule has 1 saturated carbocycles. The number of carboxylic acid groups (broad SMARTS) is 1. The number of amides is 1. The molecule has 0 spiro atoms. The van der Waals surface area contributed by atoms with E-state index < -0.39 is 11.4 Å². The fraction of sp³-hybridized carbons (Fsp3) is 0.692. The summed E-state index contributed by atoms with van der Waals surface area (Å²) in [6, 6.07) is -0.338. The van der Waals surface area contributed by atoms with Crippen molar-refractivity contribution < 1.29 is 14.7 Å². The number of hydrogen-bond donors (Lipinski definition) is 2. The van der Waals surface area contributed by atoms with Crippen molar-refractivity contribution in [1.29, 1.82) is 0 Å². The van der Waals surface area contributed by atoms with Gasteiger partial charge in [0.2, 0.25) is 0 Å². The van der Waals surface area contributed by atoms with Gasteiger partial charge >= 0.3 is 5.97 Å². The Morgan fingerprint density at radius 1 is 1.50 bits per heavy atom. The highest BCUT2D eigenvalue weighted by Crippen LogP contribution is 2.38. The minimum atomic E-state index is -0.883. The molecule has 1 aliphatic carbocycles. The molecule has 20 heavy (non-hydrogen) atoms. The van der Waals surface area contributed by atoms with Gasteiger partial charge in [0.1, 0.15) is 4.88 Å². The Labute approximate surface area is 121 Å². The van der Waals surface area contributed by atoms with Gasteiger partial charge in [0.25, 0.3) is 5.91 Å². The van der Waals surface area contributed by atoms with E-state index in [1.807, 2.05) is 13.8 Å². The van der Waals surface area contributed by atoms with E-state index in [-0.39, 0.29) is 17.9 Å². The summed E-state index contributed by atoms with van der Waals surface area (Å²) in [7, 11) is 0. The standard InChI is InChI=1S/C13H19N3O3S/c1-7(2)9-10(20-16-15-9)11(17)14-8-5-4-6-13(8,3)12(18)19/h7-8H,4-6H2,1-3H3,(H,14,17)(H,18,19). The molecular formula is C13H19N3O3S. The van der Waals surface area contributed by atoms with Crippen molar-refractivity contribution in [3.63, 3.8) is 0 Å². The Morgan fingerprint density at radius 3 is 2.80 bits per heavy atom. The number of carboxylic acids is 1. The van der Waals surface area contributed by atoms with Crippen LogP contribution in [-0.4, -0.2) is 32.6 Å². The molecule has 1 amide bonds. The van der Waals surface area contributed by atoms with Crippen molar-refractivity contribution >= 4 is 23.4 Å². The Bertz CT molecular complexity index is 529. The maximum absolute atomic E-state index is 12.3. The minimum absolute atomic E-state index is 0.115. The topological polar surface area (TPSA) is 92.2 Å². The van der Waals surface area contributed by atoms with Gasteiger partial charge in [0.05, 0.1) is 11.1 Å². The number of aromatic nitrogens is 2. The van der Waals surface area contributed by atoms with Crippen LogP contribution in [0.25, 0.3) is 0 Å². The van der Waals surface area contributed by atoms with Crippen molar-refractivity contribution in [2.24, 2.45) is 5.41 Å². The van der Waals surface area contributed by atoms with Gasteiger partial charge in [-0.25, -0.2) is 0 Å². The third kappa shape index (κ3) is 2.54. The summed E-state index contributed by atoms with van der Waals surface area (Å²) in [6.45, 7) is 5.59. The molecule has 1 fully saturated rings. The van der Waals surface area contributed by atoms with Gasteiger partial charge in [0, 0.05) is 6.04 Å². The van der Waals surface area contributed by atoms with Crippen LogP contribution in [0.1, 0.15) is 61.3 Å². The molecule has 110 valence electrons. The van der Waals surface area contributed by atoms with Crippen molar-refractivity contribution in [3.8, 4) is 0 Å². The molecule has 0 aromatic carbocycles. The molecule has 1 heterocycles. The number of nitrogens with zero attached hydrogens (tertiary/aromatic N) is 2. The minimum Gasteiger partial charge on any atom is -0.481 e. The lowest BCUT2D eigenvalue weighted by molar-refractivity contribution is -0.148. The van der Waals surface area contributed by atoms with Gasteiger partial charge in [-0.2, -0.15) is 0 Å². The van der Waals surface area contributed by atoms with Gasteiger partial charge in [0.15, 0.2) is 0 Å². The van der Waals surface area contributed by atoms with Gasteiger partial charge in [-0.15, -0.1) is 5.10 Å². The largest absolute Gasteiger partial charge is 0.481 e. The summed E-state index contributed by atoms with van der Waals surface area (Å²) in [5.41, 5.74) is -0.214. The smallest absolute Gasteiger partial charge is 0.311 e. The van der Waals surface area contributed by atoms with E-state index in [1.165, 1.54) is 0 Å². The summed E-state index contributed by atoms with van der Waals surface area (Å²) < 4.78 is 3.82. The summed E-state index contributed by atoms with van der Waals surface area (Å²) in [4.78, 5) is 24.2. The molecule has 0 bridgehead atoms. The number of nitrogens with one attached hydrogen (secondary N) is 1. The molecule has 2 unspecified atom stereocenters. The monoisotopic (exact) mass is 297 g/mol. The zero-order chi connectivity index (χ0) is 14.9. The Kier molecular flexibility index (Phi) is 4.08. The first kappa shape index (κ1) is 14.9. The van der Waals surface area contributed by atoms with E-state index in [2.05, 4.69) is 14.9 Å². The maximum Gasteiger partial charge on any atom is 0.311 e. The molecule has 7 heteroatoms. The molecule has 1 aromatic rings. The summed E-state index contributed by atoms with van der Waals surface area (Å²) >= 11 is 1.06. The van der Waals surface area contributed by atoms with Gasteiger partial charge in [-0.1, -0.05) is 24.8 Å². The van der Waals surface area contributed by atoms with Gasteiger partial charge < -0.3 is 10.4 Å². The zero-order valence-corrected chi connectivity index (χ0v) is 12.7. The van der Waals surface area contributed by atoms with E-state index >= 15 is 0 Å². The van der Waals surface area contributed by atoms with E-state index in [4.69, 9.17) is 0 Å². The SMILES string of the molecule is CC(C)c1nnsc1C(=O)NC1CCCC1(C)C(=O)O. The van der Waals surface area contributed by atoms with Crippen LogP contribution in [0.4, 0.5) is 0 Å². The Hall–Kier alpha value is -1.50. The highest BCUT2D eigenvalue weighted by Gasteiger charge is 2.46. The number of aliphatic carboxylic acids is 1. The fourth-order valence-corrected chi connectivity index (χ4v) is 3.33. The van der Waals surface area contributed by atoms with E-state index in [0.29, 0.717) is 23.4 Å². The quantitative estimate of drug-likeness (QED) is 0.887. The van der Waals surface area contributed by atoms with Crippen molar-refractivity contribution in [1.82, 2.24) is 14.9 Å². The van der Waals surface area contributed by atoms with Crippen LogP contribution in [0, 0.1) is 5.41 Å². The van der Waals surface area contributed by atoms with Crippen LogP contribution < -0.4 is 5.32 Å². The first-order valence-corrected chi connectivity index (χ1v) is 7.50. The number of carbonyl (C=O) groups excluding carboxylic acids is 1. The van der Waals surface area contributed by atoms with Crippen LogP contribution in [-0.2, 0) is 4.79 Å². The summed E-state index contributed by atoms with van der Waals surface area (Å²) in [6.07, 6.45) is 2.09. The molecule has 0 aliphatic heterocycles. The van der Waals surface area contributed by atoms with Crippen molar-refractivity contribution in [3.05, 3.63) is 10.6 Å². The van der Waals surface area contributed by atoms with E-state index in [1.54, 1.807) is 6.92 Å². The second-order valence-corrected chi connectivity index (χ2v) is 6.54. The summed E-state index contributed by atoms with van der Waals surface area (Å²) in [5, 5.41) is 16.2. The molecule has 2 atom stereocenters. The van der Waals surface area contributed by atoms with E-state index in [9.17, 15) is 14.7 Å². The summed E-state index contributed by atoms with van der Waals surface area (Å²) in [5.74, 6) is -1.00. The first-order chi connectivity index (χ1) is 9.36. The third-order valence-corrected chi connectivity index (χ3v) is 4.76. The maximum atomic E-state index is 12.3. The lowest BCUT2D eigenvalue weighted by atomic mass is 9.85. The number of hydrogen-bond acceptors (Lipinski definition) is 5. The molecule has 6 nitrogen and oxygen atoms in total. The fourth-order valence-electron chi connectivity index (χ4n) is 2.61. The second-order valence-electron chi connectivity index (χ2n) is 5.78. The first-order valence-electron chi connectivity index (χ1n) is 6.72. The van der Waals surface area contributed by atoms with Crippen LogP contribution in [0.15, 0.2) is 0 Å². The average molecular weight is 297 g/mol. The van der Waals surface area contributed by atoms with Crippen molar-refractivity contribution in [2.45, 2.75) is 52.0 Å². The second kappa shape index (κ2) is 5.47. The van der Waals surface area contributed by atoms with Crippen molar-refractivity contribution in [2.75, 3.05) is 0 Å².